The van der Waals surface area contributed by atoms with Gasteiger partial charge in [-0.3, -0.25) is 9.36 Å². The Morgan fingerprint density at radius 3 is 2.89 bits per heavy atom. The zero-order valence-electron chi connectivity index (χ0n) is 11.0. The number of nitrogens with zero attached hydrogens (tertiary/aromatic N) is 2. The molecule has 0 spiro atoms. The third-order valence-electron chi connectivity index (χ3n) is 3.75. The van der Waals surface area contributed by atoms with Crippen LogP contribution in [-0.4, -0.2) is 15.6 Å². The minimum atomic E-state index is -0.0344. The molecule has 1 fully saturated rings. The molecule has 2 aromatic heterocycles. The molecular weight excluding hydrogens is 306 g/mol. The van der Waals surface area contributed by atoms with Gasteiger partial charge in [-0.25, -0.2) is 4.98 Å². The van der Waals surface area contributed by atoms with Crippen molar-refractivity contribution in [2.45, 2.75) is 25.8 Å². The number of pyridine rings is 2. The van der Waals surface area contributed by atoms with Crippen LogP contribution in [0.15, 0.2) is 27.6 Å². The second-order valence-corrected chi connectivity index (χ2v) is 6.17. The zero-order valence-corrected chi connectivity index (χ0v) is 12.6. The molecule has 1 saturated carbocycles. The van der Waals surface area contributed by atoms with Gasteiger partial charge in [-0.05, 0) is 47.7 Å². The molecule has 3 rings (SSSR count). The van der Waals surface area contributed by atoms with E-state index in [-0.39, 0.29) is 5.56 Å². The number of hydrogen-bond donors (Lipinski definition) is 1. The van der Waals surface area contributed by atoms with Crippen LogP contribution in [0.4, 0.5) is 5.69 Å². The second kappa shape index (κ2) is 4.63. The highest BCUT2D eigenvalue weighted by Crippen LogP contribution is 2.35. The van der Waals surface area contributed by atoms with Gasteiger partial charge in [0.25, 0.3) is 5.56 Å². The van der Waals surface area contributed by atoms with Gasteiger partial charge < -0.3 is 5.32 Å². The van der Waals surface area contributed by atoms with Crippen LogP contribution in [0.5, 0.6) is 0 Å². The van der Waals surface area contributed by atoms with E-state index in [0.717, 1.165) is 21.5 Å². The van der Waals surface area contributed by atoms with E-state index in [4.69, 9.17) is 0 Å². The first-order chi connectivity index (χ1) is 9.06. The summed E-state index contributed by atoms with van der Waals surface area (Å²) in [6, 6.07) is 4.06. The molecule has 2 aromatic rings. The van der Waals surface area contributed by atoms with Crippen molar-refractivity contribution in [1.29, 1.82) is 0 Å². The van der Waals surface area contributed by atoms with Crippen molar-refractivity contribution in [2.75, 3.05) is 5.32 Å². The fourth-order valence-corrected chi connectivity index (χ4v) is 2.71. The predicted octanol–water partition coefficient (Wildman–Crippen LogP) is 2.91. The monoisotopic (exact) mass is 321 g/mol. The maximum Gasteiger partial charge on any atom is 0.253 e. The van der Waals surface area contributed by atoms with Gasteiger partial charge in [-0.1, -0.05) is 0 Å². The number of nitrogens with one attached hydrogen (secondary N) is 1. The summed E-state index contributed by atoms with van der Waals surface area (Å²) < 4.78 is 2.50. The third kappa shape index (κ3) is 2.39. The van der Waals surface area contributed by atoms with Gasteiger partial charge >= 0.3 is 0 Å². The van der Waals surface area contributed by atoms with E-state index in [1.165, 1.54) is 12.8 Å². The first-order valence-corrected chi connectivity index (χ1v) is 7.27. The summed E-state index contributed by atoms with van der Waals surface area (Å²) >= 11 is 3.44. The molecule has 4 nitrogen and oxygen atoms in total. The van der Waals surface area contributed by atoms with E-state index in [1.54, 1.807) is 23.9 Å². The smallest absolute Gasteiger partial charge is 0.253 e. The molecule has 1 N–H and O–H groups in total. The van der Waals surface area contributed by atoms with E-state index < -0.39 is 0 Å². The standard InChI is InChI=1S/C14H16BrN3O/c1-8(9-3-4-9)17-12-6-13(19)18(2)14-11(12)5-10(15)7-16-14/h5-9,17H,3-4H2,1-2H3/t8-/m1/s1. The Hall–Kier alpha value is -1.36. The molecule has 0 aromatic carbocycles. The van der Waals surface area contributed by atoms with Gasteiger partial charge in [0.1, 0.15) is 5.65 Å². The Morgan fingerprint density at radius 2 is 2.21 bits per heavy atom. The summed E-state index contributed by atoms with van der Waals surface area (Å²) in [6.45, 7) is 2.17. The maximum atomic E-state index is 12.0. The van der Waals surface area contributed by atoms with Crippen molar-refractivity contribution in [3.8, 4) is 0 Å². The van der Waals surface area contributed by atoms with Gasteiger partial charge in [0.15, 0.2) is 0 Å². The minimum Gasteiger partial charge on any atom is -0.382 e. The summed E-state index contributed by atoms with van der Waals surface area (Å²) in [5, 5.41) is 4.44. The average Bonchev–Trinajstić information content (AvgIpc) is 3.19. The highest BCUT2D eigenvalue weighted by atomic mass is 79.9. The summed E-state index contributed by atoms with van der Waals surface area (Å²) in [5.41, 5.74) is 1.56. The van der Waals surface area contributed by atoms with E-state index in [2.05, 4.69) is 33.2 Å². The van der Waals surface area contributed by atoms with Crippen molar-refractivity contribution in [1.82, 2.24) is 9.55 Å². The summed E-state index contributed by atoms with van der Waals surface area (Å²) in [7, 11) is 1.75. The normalized spacial score (nSPS) is 16.6. The quantitative estimate of drug-likeness (QED) is 0.945. The van der Waals surface area contributed by atoms with Crippen LogP contribution in [0, 0.1) is 5.92 Å². The number of anilines is 1. The van der Waals surface area contributed by atoms with Gasteiger partial charge in [-0.15, -0.1) is 0 Å². The predicted molar refractivity (Wildman–Crippen MR) is 80.5 cm³/mol. The lowest BCUT2D eigenvalue weighted by atomic mass is 10.1. The van der Waals surface area contributed by atoms with Crippen molar-refractivity contribution >= 4 is 32.7 Å². The Bertz CT molecular complexity index is 691. The van der Waals surface area contributed by atoms with Crippen LogP contribution in [0.1, 0.15) is 19.8 Å². The minimum absolute atomic E-state index is 0.0344. The molecule has 19 heavy (non-hydrogen) atoms. The zero-order chi connectivity index (χ0) is 13.6. The highest BCUT2D eigenvalue weighted by Gasteiger charge is 2.28. The Kier molecular flexibility index (Phi) is 3.09. The molecule has 0 saturated heterocycles. The molecule has 5 heteroatoms. The van der Waals surface area contributed by atoms with E-state index in [0.29, 0.717) is 11.7 Å². The maximum absolute atomic E-state index is 12.0. The van der Waals surface area contributed by atoms with Gasteiger partial charge in [0, 0.05) is 35.2 Å². The number of hydrogen-bond acceptors (Lipinski definition) is 3. The molecule has 100 valence electrons. The second-order valence-electron chi connectivity index (χ2n) is 5.25. The lowest BCUT2D eigenvalue weighted by Gasteiger charge is -2.17. The van der Waals surface area contributed by atoms with Crippen LogP contribution in [0.25, 0.3) is 11.0 Å². The first kappa shape index (κ1) is 12.7. The fourth-order valence-electron chi connectivity index (χ4n) is 2.38. The fraction of sp³-hybridized carbons (Fsp3) is 0.429. The molecule has 2 heterocycles. The Balaban J connectivity index is 2.13. The summed E-state index contributed by atoms with van der Waals surface area (Å²) in [5.74, 6) is 0.735. The lowest BCUT2D eigenvalue weighted by Crippen LogP contribution is -2.22. The summed E-state index contributed by atoms with van der Waals surface area (Å²) in [6.07, 6.45) is 4.27. The Morgan fingerprint density at radius 1 is 1.47 bits per heavy atom. The molecule has 0 unspecified atom stereocenters. The van der Waals surface area contributed by atoms with Crippen LogP contribution in [0.3, 0.4) is 0 Å². The van der Waals surface area contributed by atoms with Crippen molar-refractivity contribution in [3.63, 3.8) is 0 Å². The number of fused-ring (bicyclic) bond motifs is 1. The molecule has 1 aliphatic carbocycles. The van der Waals surface area contributed by atoms with Crippen LogP contribution in [-0.2, 0) is 7.05 Å². The molecule has 1 aliphatic rings. The Labute approximate surface area is 120 Å². The van der Waals surface area contributed by atoms with E-state index >= 15 is 0 Å². The van der Waals surface area contributed by atoms with Crippen molar-refractivity contribution in [3.05, 3.63) is 33.2 Å². The first-order valence-electron chi connectivity index (χ1n) is 6.48. The highest BCUT2D eigenvalue weighted by molar-refractivity contribution is 9.10. The third-order valence-corrected chi connectivity index (χ3v) is 4.19. The molecule has 0 bridgehead atoms. The van der Waals surface area contributed by atoms with Gasteiger partial charge in [0.05, 0.1) is 5.69 Å². The number of rotatable bonds is 3. The molecule has 1 atom stereocenters. The lowest BCUT2D eigenvalue weighted by molar-refractivity contribution is 0.694. The topological polar surface area (TPSA) is 46.9 Å². The van der Waals surface area contributed by atoms with Gasteiger partial charge in [0.2, 0.25) is 0 Å². The van der Waals surface area contributed by atoms with Crippen LogP contribution in [0.2, 0.25) is 0 Å². The molecular formula is C14H16BrN3O. The number of aryl methyl sites for hydroxylation is 1. The number of aromatic nitrogens is 2. The molecule has 0 radical (unpaired) electrons. The molecule has 0 aliphatic heterocycles. The van der Waals surface area contributed by atoms with E-state index in [9.17, 15) is 4.79 Å². The molecule has 0 amide bonds. The van der Waals surface area contributed by atoms with Crippen molar-refractivity contribution < 1.29 is 0 Å². The SMILES string of the molecule is C[C@@H](Nc1cc(=O)n(C)c2ncc(Br)cc12)C1CC1. The van der Waals surface area contributed by atoms with Gasteiger partial charge in [-0.2, -0.15) is 0 Å². The summed E-state index contributed by atoms with van der Waals surface area (Å²) in [4.78, 5) is 16.3. The largest absolute Gasteiger partial charge is 0.382 e. The van der Waals surface area contributed by atoms with E-state index in [1.807, 2.05) is 6.07 Å². The van der Waals surface area contributed by atoms with Crippen molar-refractivity contribution in [2.24, 2.45) is 13.0 Å². The van der Waals surface area contributed by atoms with Crippen LogP contribution < -0.4 is 10.9 Å². The average molecular weight is 322 g/mol. The number of halogens is 1. The van der Waals surface area contributed by atoms with Crippen LogP contribution >= 0.6 is 15.9 Å².